The van der Waals surface area contributed by atoms with Crippen molar-refractivity contribution < 1.29 is 14.2 Å². The second-order valence-electron chi connectivity index (χ2n) is 6.60. The van der Waals surface area contributed by atoms with Gasteiger partial charge in [0.15, 0.2) is 11.5 Å². The highest BCUT2D eigenvalue weighted by Crippen LogP contribution is 2.34. The van der Waals surface area contributed by atoms with Gasteiger partial charge in [0.1, 0.15) is 5.75 Å². The first-order chi connectivity index (χ1) is 12.7. The van der Waals surface area contributed by atoms with Gasteiger partial charge in [0.25, 0.3) is 0 Å². The molecule has 0 saturated heterocycles. The second kappa shape index (κ2) is 13.7. The predicted molar refractivity (Wildman–Crippen MR) is 109 cm³/mol. The molecule has 150 valence electrons. The van der Waals surface area contributed by atoms with Crippen LogP contribution < -0.4 is 19.5 Å². The van der Waals surface area contributed by atoms with Crippen molar-refractivity contribution in [3.8, 4) is 17.2 Å². The van der Waals surface area contributed by atoms with E-state index in [0.717, 1.165) is 43.1 Å². The molecule has 0 aromatic heterocycles. The first kappa shape index (κ1) is 22.6. The van der Waals surface area contributed by atoms with Crippen molar-refractivity contribution >= 4 is 0 Å². The fraction of sp³-hybridized carbons (Fsp3) is 0.714. The van der Waals surface area contributed by atoms with Crippen molar-refractivity contribution in [2.75, 3.05) is 47.5 Å². The molecule has 5 nitrogen and oxygen atoms in total. The number of ether oxygens (including phenoxy) is 3. The van der Waals surface area contributed by atoms with E-state index in [4.69, 9.17) is 14.2 Å². The zero-order valence-corrected chi connectivity index (χ0v) is 17.4. The van der Waals surface area contributed by atoms with E-state index in [0.29, 0.717) is 5.75 Å². The molecule has 0 bridgehead atoms. The van der Waals surface area contributed by atoms with Crippen molar-refractivity contribution in [2.24, 2.45) is 0 Å². The van der Waals surface area contributed by atoms with Crippen LogP contribution in [0.25, 0.3) is 0 Å². The van der Waals surface area contributed by atoms with E-state index in [-0.39, 0.29) is 0 Å². The minimum Gasteiger partial charge on any atom is -0.496 e. The molecule has 0 radical (unpaired) electrons. The Balaban J connectivity index is 2.46. The van der Waals surface area contributed by atoms with Crippen molar-refractivity contribution in [3.05, 3.63) is 17.7 Å². The van der Waals surface area contributed by atoms with E-state index < -0.39 is 0 Å². The van der Waals surface area contributed by atoms with Crippen LogP contribution in [-0.4, -0.2) is 52.4 Å². The molecular formula is C21H38N2O3. The number of hydrogen-bond acceptors (Lipinski definition) is 5. The lowest BCUT2D eigenvalue weighted by molar-refractivity contribution is 0.261. The Hall–Kier alpha value is -1.46. The quantitative estimate of drug-likeness (QED) is 0.474. The van der Waals surface area contributed by atoms with Gasteiger partial charge in [-0.05, 0) is 51.5 Å². The fourth-order valence-corrected chi connectivity index (χ4v) is 2.98. The van der Waals surface area contributed by atoms with Crippen LogP contribution in [0.4, 0.5) is 0 Å². The smallest absolute Gasteiger partial charge is 0.164 e. The maximum atomic E-state index is 5.49. The lowest BCUT2D eigenvalue weighted by atomic mass is 10.1. The Morgan fingerprint density at radius 2 is 1.31 bits per heavy atom. The van der Waals surface area contributed by atoms with Gasteiger partial charge < -0.3 is 24.4 Å². The Labute approximate surface area is 160 Å². The molecule has 0 amide bonds. The number of unbranched alkanes of at least 4 members (excludes halogenated alkanes) is 2. The summed E-state index contributed by atoms with van der Waals surface area (Å²) >= 11 is 0. The van der Waals surface area contributed by atoms with Gasteiger partial charge in [0.05, 0.1) is 21.3 Å². The summed E-state index contributed by atoms with van der Waals surface area (Å²) in [5.74, 6) is 2.24. The number of nitrogens with zero attached hydrogens (tertiary/aromatic N) is 1. The Morgan fingerprint density at radius 1 is 0.769 bits per heavy atom. The van der Waals surface area contributed by atoms with Crippen molar-refractivity contribution in [2.45, 2.75) is 52.5 Å². The second-order valence-corrected chi connectivity index (χ2v) is 6.60. The molecule has 0 aliphatic heterocycles. The maximum Gasteiger partial charge on any atom is 0.164 e. The summed E-state index contributed by atoms with van der Waals surface area (Å²) in [6.07, 6.45) is 6.27. The third kappa shape index (κ3) is 7.83. The maximum absolute atomic E-state index is 5.49. The Morgan fingerprint density at radius 3 is 1.85 bits per heavy atom. The number of benzene rings is 1. The molecule has 5 heteroatoms. The minimum absolute atomic E-state index is 0.690. The largest absolute Gasteiger partial charge is 0.496 e. The first-order valence-electron chi connectivity index (χ1n) is 9.92. The highest BCUT2D eigenvalue weighted by atomic mass is 16.5. The molecule has 0 unspecified atom stereocenters. The minimum atomic E-state index is 0.690. The summed E-state index contributed by atoms with van der Waals surface area (Å²) in [7, 11) is 4.98. The topological polar surface area (TPSA) is 43.0 Å². The van der Waals surface area contributed by atoms with Crippen LogP contribution in [0.5, 0.6) is 17.2 Å². The molecule has 0 fully saturated rings. The zero-order valence-electron chi connectivity index (χ0n) is 17.4. The van der Waals surface area contributed by atoms with E-state index in [1.807, 2.05) is 12.1 Å². The normalized spacial score (nSPS) is 11.0. The molecule has 1 aromatic rings. The summed E-state index contributed by atoms with van der Waals surface area (Å²) in [5.41, 5.74) is 1.08. The van der Waals surface area contributed by atoms with Crippen LogP contribution in [0, 0.1) is 0 Å². The van der Waals surface area contributed by atoms with E-state index >= 15 is 0 Å². The van der Waals surface area contributed by atoms with Gasteiger partial charge in [-0.2, -0.15) is 0 Å². The lowest BCUT2D eigenvalue weighted by Crippen LogP contribution is -2.29. The fourth-order valence-electron chi connectivity index (χ4n) is 2.98. The van der Waals surface area contributed by atoms with Gasteiger partial charge in [-0.15, -0.1) is 0 Å². The van der Waals surface area contributed by atoms with E-state index in [1.54, 1.807) is 21.3 Å². The van der Waals surface area contributed by atoms with Gasteiger partial charge in [-0.3, -0.25) is 0 Å². The third-order valence-corrected chi connectivity index (χ3v) is 4.59. The molecule has 0 saturated carbocycles. The first-order valence-corrected chi connectivity index (χ1v) is 9.92. The van der Waals surface area contributed by atoms with Gasteiger partial charge in [0, 0.05) is 18.2 Å². The SMILES string of the molecule is CCCCN(CCCC)CCCNCc1cc(OC)c(OC)cc1OC. The molecule has 0 aliphatic rings. The highest BCUT2D eigenvalue weighted by molar-refractivity contribution is 5.50. The van der Waals surface area contributed by atoms with Gasteiger partial charge >= 0.3 is 0 Å². The van der Waals surface area contributed by atoms with Crippen LogP contribution in [0.1, 0.15) is 51.5 Å². The average molecular weight is 367 g/mol. The molecule has 1 aromatic carbocycles. The van der Waals surface area contributed by atoms with E-state index in [1.165, 1.54) is 38.8 Å². The highest BCUT2D eigenvalue weighted by Gasteiger charge is 2.11. The van der Waals surface area contributed by atoms with Crippen LogP contribution in [0.15, 0.2) is 12.1 Å². The molecule has 1 N–H and O–H groups in total. The molecule has 0 aliphatic carbocycles. The summed E-state index contributed by atoms with van der Waals surface area (Å²) in [6.45, 7) is 9.88. The number of nitrogens with one attached hydrogen (secondary N) is 1. The molecule has 0 heterocycles. The molecular weight excluding hydrogens is 328 g/mol. The van der Waals surface area contributed by atoms with Crippen LogP contribution >= 0.6 is 0 Å². The number of rotatable bonds is 15. The average Bonchev–Trinajstić information content (AvgIpc) is 2.68. The molecule has 1 rings (SSSR count). The standard InChI is InChI=1S/C21H38N2O3/c1-6-8-12-23(13-9-7-2)14-10-11-22-17-18-15-20(25-4)21(26-5)16-19(18)24-3/h15-16,22H,6-14,17H2,1-5H3. The van der Waals surface area contributed by atoms with Gasteiger partial charge in [-0.25, -0.2) is 0 Å². The van der Waals surface area contributed by atoms with E-state index in [9.17, 15) is 0 Å². The molecule has 26 heavy (non-hydrogen) atoms. The molecule has 0 spiro atoms. The van der Waals surface area contributed by atoms with Crippen LogP contribution in [0.3, 0.4) is 0 Å². The van der Waals surface area contributed by atoms with Crippen molar-refractivity contribution in [1.82, 2.24) is 10.2 Å². The predicted octanol–water partition coefficient (Wildman–Crippen LogP) is 4.09. The summed E-state index contributed by atoms with van der Waals surface area (Å²) in [5, 5.41) is 3.53. The van der Waals surface area contributed by atoms with Gasteiger partial charge in [0.2, 0.25) is 0 Å². The van der Waals surface area contributed by atoms with Crippen LogP contribution in [0.2, 0.25) is 0 Å². The van der Waals surface area contributed by atoms with E-state index in [2.05, 4.69) is 24.1 Å². The van der Waals surface area contributed by atoms with Crippen molar-refractivity contribution in [3.63, 3.8) is 0 Å². The molecule has 0 atom stereocenters. The Bertz CT molecular complexity index is 486. The Kier molecular flexibility index (Phi) is 11.9. The summed E-state index contributed by atoms with van der Waals surface area (Å²) in [6, 6.07) is 3.87. The van der Waals surface area contributed by atoms with Gasteiger partial charge in [-0.1, -0.05) is 26.7 Å². The number of hydrogen-bond donors (Lipinski definition) is 1. The summed E-state index contributed by atoms with van der Waals surface area (Å²) in [4.78, 5) is 2.60. The van der Waals surface area contributed by atoms with Crippen molar-refractivity contribution in [1.29, 1.82) is 0 Å². The number of methoxy groups -OCH3 is 3. The lowest BCUT2D eigenvalue weighted by Gasteiger charge is -2.22. The summed E-state index contributed by atoms with van der Waals surface area (Å²) < 4.78 is 16.2. The zero-order chi connectivity index (χ0) is 19.2. The third-order valence-electron chi connectivity index (χ3n) is 4.59. The monoisotopic (exact) mass is 366 g/mol. The van der Waals surface area contributed by atoms with Crippen LogP contribution in [-0.2, 0) is 6.54 Å².